The molecular formula is C23H30N4O3. The molecule has 160 valence electrons. The molecule has 0 radical (unpaired) electrons. The van der Waals surface area contributed by atoms with E-state index in [1.807, 2.05) is 18.2 Å². The maximum atomic E-state index is 12.3. The highest BCUT2D eigenvalue weighted by Crippen LogP contribution is 2.19. The fraction of sp³-hybridized carbons (Fsp3) is 0.435. The minimum Gasteiger partial charge on any atom is -0.348 e. The van der Waals surface area contributed by atoms with E-state index in [1.54, 1.807) is 7.05 Å². The van der Waals surface area contributed by atoms with Gasteiger partial charge < -0.3 is 9.88 Å². The lowest BCUT2D eigenvalue weighted by Gasteiger charge is -2.31. The summed E-state index contributed by atoms with van der Waals surface area (Å²) in [6.07, 6.45) is 6.73. The summed E-state index contributed by atoms with van der Waals surface area (Å²) in [5.74, 6) is 0.438. The van der Waals surface area contributed by atoms with Gasteiger partial charge in [-0.15, -0.1) is 0 Å². The Morgan fingerprint density at radius 1 is 1.20 bits per heavy atom. The van der Waals surface area contributed by atoms with E-state index in [4.69, 9.17) is 0 Å². The third kappa shape index (κ3) is 5.36. The summed E-state index contributed by atoms with van der Waals surface area (Å²) in [7, 11) is 2.99. The Hall–Kier alpha value is -2.93. The minimum absolute atomic E-state index is 0.285. The van der Waals surface area contributed by atoms with Crippen LogP contribution in [0.2, 0.25) is 0 Å². The molecule has 1 aromatic carbocycles. The second kappa shape index (κ2) is 9.71. The zero-order valence-electron chi connectivity index (χ0n) is 17.9. The lowest BCUT2D eigenvalue weighted by molar-refractivity contribution is -0.116. The van der Waals surface area contributed by atoms with Gasteiger partial charge in [-0.05, 0) is 42.5 Å². The summed E-state index contributed by atoms with van der Waals surface area (Å²) in [4.78, 5) is 38.7. The number of hydrogen-bond donors (Lipinski definition) is 1. The number of carbonyl (C=O) groups excluding carboxylic acids is 1. The first-order chi connectivity index (χ1) is 14.3. The number of piperidine rings is 1. The van der Waals surface area contributed by atoms with E-state index >= 15 is 0 Å². The average molecular weight is 411 g/mol. The fourth-order valence-corrected chi connectivity index (χ4v) is 3.91. The average Bonchev–Trinajstić information content (AvgIpc) is 2.73. The molecule has 7 nitrogen and oxygen atoms in total. The zero-order valence-corrected chi connectivity index (χ0v) is 17.9. The monoisotopic (exact) mass is 410 g/mol. The van der Waals surface area contributed by atoms with Crippen molar-refractivity contribution in [3.8, 4) is 0 Å². The molecule has 1 atom stereocenters. The van der Waals surface area contributed by atoms with Crippen molar-refractivity contribution in [1.29, 1.82) is 0 Å². The van der Waals surface area contributed by atoms with Gasteiger partial charge in [0.15, 0.2) is 0 Å². The van der Waals surface area contributed by atoms with Crippen molar-refractivity contribution in [3.05, 3.63) is 74.1 Å². The molecule has 2 heterocycles. The number of rotatable bonds is 6. The van der Waals surface area contributed by atoms with Gasteiger partial charge in [-0.2, -0.15) is 0 Å². The maximum absolute atomic E-state index is 12.3. The summed E-state index contributed by atoms with van der Waals surface area (Å²) in [5.41, 5.74) is 1.78. The Balaban J connectivity index is 1.63. The van der Waals surface area contributed by atoms with Crippen LogP contribution in [0.4, 0.5) is 0 Å². The van der Waals surface area contributed by atoms with Crippen LogP contribution in [0, 0.1) is 5.92 Å². The Bertz CT molecular complexity index is 1050. The Morgan fingerprint density at radius 2 is 1.93 bits per heavy atom. The molecule has 1 aliphatic rings. The molecule has 1 fully saturated rings. The van der Waals surface area contributed by atoms with E-state index in [-0.39, 0.29) is 11.5 Å². The smallest absolute Gasteiger partial charge is 0.330 e. The van der Waals surface area contributed by atoms with E-state index in [9.17, 15) is 14.4 Å². The molecule has 1 aliphatic heterocycles. The molecular weight excluding hydrogens is 380 g/mol. The summed E-state index contributed by atoms with van der Waals surface area (Å²) in [6, 6.07) is 8.16. The number of aryl methyl sites for hydroxylation is 1. The standard InChI is InChI=1S/C23H30N4O3/c1-17-7-6-12-27(14-17)16-19-9-5-4-8-18(19)13-24-21(28)11-10-20-15-25(2)23(30)26(3)22(20)29/h4-5,8-11,15,17H,6-7,12-14,16H2,1-3H3,(H,24,28). The van der Waals surface area contributed by atoms with Crippen LogP contribution in [-0.2, 0) is 32.0 Å². The summed E-state index contributed by atoms with van der Waals surface area (Å²) in [6.45, 7) is 5.83. The number of nitrogens with one attached hydrogen (secondary N) is 1. The van der Waals surface area contributed by atoms with Gasteiger partial charge in [-0.3, -0.25) is 19.1 Å². The molecule has 1 saturated heterocycles. The van der Waals surface area contributed by atoms with Crippen molar-refractivity contribution < 1.29 is 4.79 Å². The van der Waals surface area contributed by atoms with Crippen molar-refractivity contribution in [2.75, 3.05) is 13.1 Å². The minimum atomic E-state index is -0.428. The number of aromatic nitrogens is 2. The van der Waals surface area contributed by atoms with Gasteiger partial charge in [0.2, 0.25) is 5.91 Å². The molecule has 1 unspecified atom stereocenters. The largest absolute Gasteiger partial charge is 0.348 e. The first-order valence-corrected chi connectivity index (χ1v) is 10.4. The Morgan fingerprint density at radius 3 is 2.67 bits per heavy atom. The molecule has 7 heteroatoms. The molecule has 30 heavy (non-hydrogen) atoms. The van der Waals surface area contributed by atoms with Gasteiger partial charge in [0.05, 0.1) is 5.56 Å². The second-order valence-electron chi connectivity index (χ2n) is 8.14. The van der Waals surface area contributed by atoms with E-state index in [1.165, 1.54) is 48.4 Å². The second-order valence-corrected chi connectivity index (χ2v) is 8.14. The van der Waals surface area contributed by atoms with E-state index in [0.29, 0.717) is 6.54 Å². The van der Waals surface area contributed by atoms with E-state index in [0.717, 1.165) is 35.7 Å². The topological polar surface area (TPSA) is 76.3 Å². The van der Waals surface area contributed by atoms with Crippen LogP contribution in [0.1, 0.15) is 36.5 Å². The summed E-state index contributed by atoms with van der Waals surface area (Å²) >= 11 is 0. The van der Waals surface area contributed by atoms with Crippen LogP contribution >= 0.6 is 0 Å². The third-order valence-electron chi connectivity index (χ3n) is 5.59. The molecule has 0 aliphatic carbocycles. The van der Waals surface area contributed by atoms with Gasteiger partial charge in [0.25, 0.3) is 5.56 Å². The predicted octanol–water partition coefficient (Wildman–Crippen LogP) is 1.65. The van der Waals surface area contributed by atoms with Crippen molar-refractivity contribution in [1.82, 2.24) is 19.4 Å². The number of nitrogens with zero attached hydrogens (tertiary/aromatic N) is 3. The molecule has 2 aromatic rings. The predicted molar refractivity (Wildman–Crippen MR) is 118 cm³/mol. The van der Waals surface area contributed by atoms with Crippen molar-refractivity contribution in [2.24, 2.45) is 20.0 Å². The Labute approximate surface area is 176 Å². The number of carbonyl (C=O) groups is 1. The maximum Gasteiger partial charge on any atom is 0.330 e. The molecule has 1 aromatic heterocycles. The van der Waals surface area contributed by atoms with Crippen LogP contribution in [0.5, 0.6) is 0 Å². The van der Waals surface area contributed by atoms with Gasteiger partial charge in [0.1, 0.15) is 0 Å². The van der Waals surface area contributed by atoms with Gasteiger partial charge >= 0.3 is 5.69 Å². The number of amides is 1. The molecule has 0 saturated carbocycles. The van der Waals surface area contributed by atoms with Crippen LogP contribution in [0.3, 0.4) is 0 Å². The number of benzene rings is 1. The quantitative estimate of drug-likeness (QED) is 0.735. The lowest BCUT2D eigenvalue weighted by atomic mass is 9.99. The Kier molecular flexibility index (Phi) is 7.05. The normalized spacial score (nSPS) is 17.4. The number of hydrogen-bond acceptors (Lipinski definition) is 4. The number of likely N-dealkylation sites (tertiary alicyclic amines) is 1. The van der Waals surface area contributed by atoms with Crippen molar-refractivity contribution in [2.45, 2.75) is 32.9 Å². The zero-order chi connectivity index (χ0) is 21.7. The molecule has 0 bridgehead atoms. The van der Waals surface area contributed by atoms with Crippen molar-refractivity contribution in [3.63, 3.8) is 0 Å². The van der Waals surface area contributed by atoms with Crippen LogP contribution in [0.15, 0.2) is 46.1 Å². The lowest BCUT2D eigenvalue weighted by Crippen LogP contribution is -2.37. The summed E-state index contributed by atoms with van der Waals surface area (Å²) in [5, 5.41) is 2.89. The van der Waals surface area contributed by atoms with Gasteiger partial charge in [-0.25, -0.2) is 4.79 Å². The highest BCUT2D eigenvalue weighted by atomic mass is 16.2. The van der Waals surface area contributed by atoms with E-state index < -0.39 is 11.2 Å². The first kappa shape index (κ1) is 21.8. The fourth-order valence-electron chi connectivity index (χ4n) is 3.91. The van der Waals surface area contributed by atoms with E-state index in [2.05, 4.69) is 23.2 Å². The van der Waals surface area contributed by atoms with Crippen molar-refractivity contribution >= 4 is 12.0 Å². The van der Waals surface area contributed by atoms with Crippen LogP contribution in [-0.4, -0.2) is 33.0 Å². The van der Waals surface area contributed by atoms with Crippen LogP contribution < -0.4 is 16.6 Å². The summed E-state index contributed by atoms with van der Waals surface area (Å²) < 4.78 is 2.34. The van der Waals surface area contributed by atoms with Crippen LogP contribution in [0.25, 0.3) is 6.08 Å². The SMILES string of the molecule is CC1CCCN(Cc2ccccc2CNC(=O)C=Cc2cn(C)c(=O)n(C)c2=O)C1. The molecule has 0 spiro atoms. The van der Waals surface area contributed by atoms with Gasteiger partial charge in [-0.1, -0.05) is 31.2 Å². The van der Waals surface area contributed by atoms with Gasteiger partial charge in [0, 0.05) is 46.0 Å². The third-order valence-corrected chi connectivity index (χ3v) is 5.59. The molecule has 1 N–H and O–H groups in total. The first-order valence-electron chi connectivity index (χ1n) is 10.4. The highest BCUT2D eigenvalue weighted by molar-refractivity contribution is 5.91. The highest BCUT2D eigenvalue weighted by Gasteiger charge is 2.17. The molecule has 3 rings (SSSR count). The molecule has 1 amide bonds.